The lowest BCUT2D eigenvalue weighted by molar-refractivity contribution is 1.41. The number of rotatable bonds is 2. The van der Waals surface area contributed by atoms with Crippen LogP contribution >= 0.6 is 0 Å². The maximum absolute atomic E-state index is 2.34. The average Bonchev–Trinajstić information content (AvgIpc) is 2.64. The van der Waals surface area contributed by atoms with E-state index in [2.05, 4.69) is 99.6 Å². The molecule has 122 valence electrons. The van der Waals surface area contributed by atoms with E-state index in [1.54, 1.807) is 0 Å². The second-order valence-corrected chi connectivity index (χ2v) is 6.82. The maximum atomic E-state index is 2.34. The predicted molar refractivity (Wildman–Crippen MR) is 109 cm³/mol. The van der Waals surface area contributed by atoms with Gasteiger partial charge in [0, 0.05) is 0 Å². The van der Waals surface area contributed by atoms with Gasteiger partial charge in [0.15, 0.2) is 0 Å². The molecule has 4 rings (SSSR count). The number of aryl methyl sites for hydroxylation is 3. The molecule has 0 saturated carbocycles. The first-order valence-corrected chi connectivity index (χ1v) is 8.80. The second kappa shape index (κ2) is 6.22. The molecule has 4 aromatic carbocycles. The van der Waals surface area contributed by atoms with Crippen molar-refractivity contribution < 1.29 is 0 Å². The third kappa shape index (κ3) is 2.74. The minimum Gasteiger partial charge on any atom is -0.0620 e. The summed E-state index contributed by atoms with van der Waals surface area (Å²) >= 11 is 0. The van der Waals surface area contributed by atoms with Gasteiger partial charge in [-0.05, 0) is 76.6 Å². The summed E-state index contributed by atoms with van der Waals surface area (Å²) in [6.45, 7) is 6.56. The van der Waals surface area contributed by atoms with Gasteiger partial charge in [-0.3, -0.25) is 0 Å². The van der Waals surface area contributed by atoms with Gasteiger partial charge in [0.1, 0.15) is 0 Å². The van der Waals surface area contributed by atoms with Gasteiger partial charge in [-0.2, -0.15) is 0 Å². The number of benzene rings is 4. The molecule has 0 heteroatoms. The van der Waals surface area contributed by atoms with Crippen LogP contribution in [0.1, 0.15) is 16.7 Å². The minimum atomic E-state index is 1.28. The maximum Gasteiger partial charge on any atom is -0.0103 e. The van der Waals surface area contributed by atoms with Gasteiger partial charge in [-0.15, -0.1) is 0 Å². The Kier molecular flexibility index (Phi) is 3.89. The summed E-state index contributed by atoms with van der Waals surface area (Å²) in [5.41, 5.74) is 9.17. The van der Waals surface area contributed by atoms with Gasteiger partial charge in [0.05, 0.1) is 0 Å². The molecule has 0 spiro atoms. The Hall–Kier alpha value is -2.86. The lowest BCUT2D eigenvalue weighted by Crippen LogP contribution is -1.90. The fraction of sp³-hybridized carbons (Fsp3) is 0.120. The molecule has 0 nitrogen and oxygen atoms in total. The standard InChI is InChI=1S/C25H22/c1-17-8-4-5-10-22(17)25-16-20(14-12-19(25)3)23-15-13-18(2)21-9-6-7-11-24(21)23/h4-16H,1-3H3. The number of hydrogen-bond acceptors (Lipinski definition) is 0. The molecule has 0 saturated heterocycles. The molecule has 0 heterocycles. The lowest BCUT2D eigenvalue weighted by atomic mass is 9.90. The highest BCUT2D eigenvalue weighted by Gasteiger charge is 2.10. The van der Waals surface area contributed by atoms with Gasteiger partial charge in [0.25, 0.3) is 0 Å². The molecule has 0 N–H and O–H groups in total. The molecular formula is C25H22. The van der Waals surface area contributed by atoms with Crippen molar-refractivity contribution in [2.75, 3.05) is 0 Å². The SMILES string of the molecule is Cc1ccccc1-c1cc(-c2ccc(C)c3ccccc23)ccc1C. The molecule has 0 aromatic heterocycles. The van der Waals surface area contributed by atoms with Crippen LogP contribution in [0.4, 0.5) is 0 Å². The van der Waals surface area contributed by atoms with E-state index in [9.17, 15) is 0 Å². The molecular weight excluding hydrogens is 300 g/mol. The van der Waals surface area contributed by atoms with E-state index < -0.39 is 0 Å². The third-order valence-corrected chi connectivity index (χ3v) is 5.13. The van der Waals surface area contributed by atoms with Crippen molar-refractivity contribution in [3.05, 3.63) is 95.6 Å². The fourth-order valence-corrected chi connectivity index (χ4v) is 3.66. The zero-order chi connectivity index (χ0) is 17.4. The molecule has 0 bridgehead atoms. The summed E-state index contributed by atoms with van der Waals surface area (Å²) in [5, 5.41) is 2.65. The normalized spacial score (nSPS) is 11.0. The molecule has 0 aliphatic carbocycles. The summed E-state index contributed by atoms with van der Waals surface area (Å²) in [4.78, 5) is 0. The van der Waals surface area contributed by atoms with E-state index in [0.717, 1.165) is 0 Å². The quantitative estimate of drug-likeness (QED) is 0.369. The highest BCUT2D eigenvalue weighted by Crippen LogP contribution is 2.35. The first kappa shape index (κ1) is 15.7. The fourth-order valence-electron chi connectivity index (χ4n) is 3.66. The van der Waals surface area contributed by atoms with Crippen LogP contribution in [0.25, 0.3) is 33.0 Å². The van der Waals surface area contributed by atoms with Gasteiger partial charge in [0.2, 0.25) is 0 Å². The van der Waals surface area contributed by atoms with Crippen LogP contribution in [0.5, 0.6) is 0 Å². The van der Waals surface area contributed by atoms with Crippen LogP contribution < -0.4 is 0 Å². The van der Waals surface area contributed by atoms with Crippen LogP contribution in [0.3, 0.4) is 0 Å². The van der Waals surface area contributed by atoms with Gasteiger partial charge in [-0.1, -0.05) is 72.8 Å². The Morgan fingerprint density at radius 1 is 0.440 bits per heavy atom. The van der Waals surface area contributed by atoms with Crippen molar-refractivity contribution in [3.8, 4) is 22.3 Å². The monoisotopic (exact) mass is 322 g/mol. The lowest BCUT2D eigenvalue weighted by Gasteiger charge is -2.14. The van der Waals surface area contributed by atoms with Crippen LogP contribution in [-0.2, 0) is 0 Å². The summed E-state index contributed by atoms with van der Waals surface area (Å²) in [5.74, 6) is 0. The summed E-state index contributed by atoms with van der Waals surface area (Å²) in [6.07, 6.45) is 0. The summed E-state index contributed by atoms with van der Waals surface area (Å²) in [7, 11) is 0. The van der Waals surface area contributed by atoms with Crippen LogP contribution in [0.2, 0.25) is 0 Å². The Bertz CT molecular complexity index is 1070. The molecule has 0 amide bonds. The number of fused-ring (bicyclic) bond motifs is 1. The van der Waals surface area contributed by atoms with E-state index >= 15 is 0 Å². The summed E-state index contributed by atoms with van der Waals surface area (Å²) in [6, 6.07) is 28.6. The highest BCUT2D eigenvalue weighted by molar-refractivity contribution is 5.99. The van der Waals surface area contributed by atoms with Crippen LogP contribution in [0.15, 0.2) is 78.9 Å². The molecule has 0 fully saturated rings. The van der Waals surface area contributed by atoms with Crippen molar-refractivity contribution in [1.82, 2.24) is 0 Å². The van der Waals surface area contributed by atoms with Crippen molar-refractivity contribution in [1.29, 1.82) is 0 Å². The first-order valence-electron chi connectivity index (χ1n) is 8.80. The number of hydrogen-bond donors (Lipinski definition) is 0. The summed E-state index contributed by atoms with van der Waals surface area (Å²) < 4.78 is 0. The highest BCUT2D eigenvalue weighted by atomic mass is 14.1. The zero-order valence-corrected chi connectivity index (χ0v) is 15.0. The van der Waals surface area contributed by atoms with Crippen LogP contribution in [-0.4, -0.2) is 0 Å². The second-order valence-electron chi connectivity index (χ2n) is 6.82. The molecule has 4 aromatic rings. The Morgan fingerprint density at radius 3 is 1.88 bits per heavy atom. The molecule has 0 aliphatic heterocycles. The van der Waals surface area contributed by atoms with Crippen molar-refractivity contribution in [3.63, 3.8) is 0 Å². The molecule has 25 heavy (non-hydrogen) atoms. The predicted octanol–water partition coefficient (Wildman–Crippen LogP) is 7.10. The molecule has 0 atom stereocenters. The van der Waals surface area contributed by atoms with Gasteiger partial charge < -0.3 is 0 Å². The third-order valence-electron chi connectivity index (χ3n) is 5.13. The zero-order valence-electron chi connectivity index (χ0n) is 15.0. The van der Waals surface area contributed by atoms with Gasteiger partial charge in [-0.25, -0.2) is 0 Å². The van der Waals surface area contributed by atoms with Crippen LogP contribution in [0, 0.1) is 20.8 Å². The van der Waals surface area contributed by atoms with E-state index in [4.69, 9.17) is 0 Å². The Morgan fingerprint density at radius 2 is 1.08 bits per heavy atom. The Balaban J connectivity index is 1.96. The Labute approximate surface area is 149 Å². The van der Waals surface area contributed by atoms with Crippen molar-refractivity contribution >= 4 is 10.8 Å². The molecule has 0 aliphatic rings. The van der Waals surface area contributed by atoms with E-state index in [0.29, 0.717) is 0 Å². The minimum absolute atomic E-state index is 1.28. The van der Waals surface area contributed by atoms with Gasteiger partial charge >= 0.3 is 0 Å². The first-order chi connectivity index (χ1) is 12.1. The van der Waals surface area contributed by atoms with Crippen molar-refractivity contribution in [2.24, 2.45) is 0 Å². The molecule has 0 unspecified atom stereocenters. The average molecular weight is 322 g/mol. The largest absolute Gasteiger partial charge is 0.0620 e. The topological polar surface area (TPSA) is 0 Å². The smallest absolute Gasteiger partial charge is 0.0103 e. The van der Waals surface area contributed by atoms with E-state index in [-0.39, 0.29) is 0 Å². The van der Waals surface area contributed by atoms with Crippen molar-refractivity contribution in [2.45, 2.75) is 20.8 Å². The van der Waals surface area contributed by atoms with E-state index in [1.165, 1.54) is 49.7 Å². The van der Waals surface area contributed by atoms with E-state index in [1.807, 2.05) is 0 Å². The molecule has 0 radical (unpaired) electrons.